The topological polar surface area (TPSA) is 32.3 Å². The van der Waals surface area contributed by atoms with Gasteiger partial charge in [-0.3, -0.25) is 9.69 Å². The summed E-state index contributed by atoms with van der Waals surface area (Å²) in [6, 6.07) is 18.0. The summed E-state index contributed by atoms with van der Waals surface area (Å²) in [5, 5.41) is 2.75. The summed E-state index contributed by atoms with van der Waals surface area (Å²) >= 11 is 0. The van der Waals surface area contributed by atoms with Crippen molar-refractivity contribution in [2.24, 2.45) is 5.92 Å². The molecule has 0 saturated carbocycles. The van der Waals surface area contributed by atoms with Gasteiger partial charge >= 0.3 is 6.18 Å². The fourth-order valence-electron chi connectivity index (χ4n) is 4.54. The van der Waals surface area contributed by atoms with E-state index in [1.54, 1.807) is 0 Å². The molecular weight excluding hydrogens is 463 g/mol. The van der Waals surface area contributed by atoms with Crippen LogP contribution in [0.5, 0.6) is 0 Å². The average Bonchev–Trinajstić information content (AvgIpc) is 2.84. The predicted octanol–water partition coefficient (Wildman–Crippen LogP) is 6.25. The van der Waals surface area contributed by atoms with E-state index in [-0.39, 0.29) is 25.0 Å². The number of likely N-dealkylation sites (tertiary alicyclic amines) is 1. The van der Waals surface area contributed by atoms with Gasteiger partial charge in [-0.25, -0.2) is 8.78 Å². The molecule has 1 heterocycles. The monoisotopic (exact) mass is 488 g/mol. The molecule has 1 saturated heterocycles. The Labute approximate surface area is 200 Å². The first-order valence-corrected chi connectivity index (χ1v) is 11.4. The molecule has 0 aromatic heterocycles. The molecule has 0 bridgehead atoms. The predicted molar refractivity (Wildman–Crippen MR) is 122 cm³/mol. The summed E-state index contributed by atoms with van der Waals surface area (Å²) in [7, 11) is 0. The SMILES string of the molecule is O=C(NCc1cccc(C(F)(F)F)c1)[C@H]1CC[C@@H](c2ccccc2)N(Cc2ccc(F)cc2F)C1. The zero-order valence-electron chi connectivity index (χ0n) is 18.9. The quantitative estimate of drug-likeness (QED) is 0.416. The average molecular weight is 489 g/mol. The lowest BCUT2D eigenvalue weighted by molar-refractivity contribution is -0.137. The van der Waals surface area contributed by atoms with Crippen molar-refractivity contribution in [1.82, 2.24) is 10.2 Å². The van der Waals surface area contributed by atoms with Crippen molar-refractivity contribution in [2.75, 3.05) is 6.54 Å². The molecule has 8 heteroatoms. The van der Waals surface area contributed by atoms with Crippen LogP contribution in [0, 0.1) is 17.6 Å². The van der Waals surface area contributed by atoms with Crippen molar-refractivity contribution in [1.29, 1.82) is 0 Å². The Morgan fingerprint density at radius 3 is 2.43 bits per heavy atom. The van der Waals surface area contributed by atoms with Crippen molar-refractivity contribution >= 4 is 5.91 Å². The van der Waals surface area contributed by atoms with E-state index in [1.807, 2.05) is 35.2 Å². The summed E-state index contributed by atoms with van der Waals surface area (Å²) in [5.41, 5.74) is 0.965. The highest BCUT2D eigenvalue weighted by molar-refractivity contribution is 5.79. The molecule has 2 atom stereocenters. The van der Waals surface area contributed by atoms with E-state index in [4.69, 9.17) is 0 Å². The highest BCUT2D eigenvalue weighted by Crippen LogP contribution is 2.35. The first-order valence-electron chi connectivity index (χ1n) is 11.4. The van der Waals surface area contributed by atoms with E-state index in [0.29, 0.717) is 30.5 Å². The summed E-state index contributed by atoms with van der Waals surface area (Å²) in [6.45, 7) is 0.516. The molecule has 0 aliphatic carbocycles. The van der Waals surface area contributed by atoms with Gasteiger partial charge in [-0.2, -0.15) is 13.2 Å². The second-order valence-corrected chi connectivity index (χ2v) is 8.78. The zero-order valence-corrected chi connectivity index (χ0v) is 18.9. The van der Waals surface area contributed by atoms with E-state index >= 15 is 0 Å². The van der Waals surface area contributed by atoms with Crippen LogP contribution in [0.4, 0.5) is 22.0 Å². The van der Waals surface area contributed by atoms with Crippen molar-refractivity contribution < 1.29 is 26.7 Å². The van der Waals surface area contributed by atoms with Crippen LogP contribution in [0.25, 0.3) is 0 Å². The third kappa shape index (κ3) is 6.25. The number of amides is 1. The van der Waals surface area contributed by atoms with E-state index < -0.39 is 29.3 Å². The number of halogens is 5. The van der Waals surface area contributed by atoms with Crippen LogP contribution in [0.1, 0.15) is 41.1 Å². The van der Waals surface area contributed by atoms with Crippen LogP contribution in [0.15, 0.2) is 72.8 Å². The third-order valence-electron chi connectivity index (χ3n) is 6.35. The molecule has 3 aromatic carbocycles. The Bertz CT molecular complexity index is 1170. The van der Waals surface area contributed by atoms with Crippen LogP contribution in [0.2, 0.25) is 0 Å². The van der Waals surface area contributed by atoms with Crippen molar-refractivity contribution in [3.05, 3.63) is 107 Å². The Kier molecular flexibility index (Phi) is 7.50. The molecule has 3 nitrogen and oxygen atoms in total. The molecule has 1 N–H and O–H groups in total. The number of carbonyl (C=O) groups is 1. The molecule has 1 aliphatic heterocycles. The molecular formula is C27H25F5N2O. The van der Waals surface area contributed by atoms with Crippen LogP contribution < -0.4 is 5.32 Å². The standard InChI is InChI=1S/C27H25F5N2O/c28-23-11-9-20(24(29)14-23)16-34-17-21(10-12-25(34)19-6-2-1-3-7-19)26(35)33-15-18-5-4-8-22(13-18)27(30,31)32/h1-9,11,13-14,21,25H,10,12,15-17H2,(H,33,35)/t21-,25-/m0/s1. The minimum atomic E-state index is -4.45. The Balaban J connectivity index is 1.47. The Hall–Kier alpha value is -3.26. The second-order valence-electron chi connectivity index (χ2n) is 8.78. The smallest absolute Gasteiger partial charge is 0.352 e. The highest BCUT2D eigenvalue weighted by atomic mass is 19.4. The zero-order chi connectivity index (χ0) is 25.0. The van der Waals surface area contributed by atoms with Crippen molar-refractivity contribution in [3.63, 3.8) is 0 Å². The van der Waals surface area contributed by atoms with Crippen LogP contribution in [-0.2, 0) is 24.1 Å². The lowest BCUT2D eigenvalue weighted by atomic mass is 9.88. The number of benzene rings is 3. The molecule has 1 fully saturated rings. The first-order chi connectivity index (χ1) is 16.7. The fraction of sp³-hybridized carbons (Fsp3) is 0.296. The van der Waals surface area contributed by atoms with Crippen LogP contribution in [-0.4, -0.2) is 17.4 Å². The number of alkyl halides is 3. The Morgan fingerprint density at radius 1 is 0.943 bits per heavy atom. The van der Waals surface area contributed by atoms with Gasteiger partial charge in [-0.15, -0.1) is 0 Å². The third-order valence-corrected chi connectivity index (χ3v) is 6.35. The summed E-state index contributed by atoms with van der Waals surface area (Å²) < 4.78 is 66.7. The van der Waals surface area contributed by atoms with Gasteiger partial charge < -0.3 is 5.32 Å². The molecule has 0 radical (unpaired) electrons. The van der Waals surface area contributed by atoms with Gasteiger partial charge in [-0.05, 0) is 42.2 Å². The number of hydrogen-bond acceptors (Lipinski definition) is 2. The van der Waals surface area contributed by atoms with Gasteiger partial charge in [0.05, 0.1) is 11.5 Å². The van der Waals surface area contributed by atoms with Crippen molar-refractivity contribution in [2.45, 2.75) is 38.1 Å². The summed E-state index contributed by atoms with van der Waals surface area (Å²) in [5.74, 6) is -1.98. The number of piperidine rings is 1. The highest BCUT2D eigenvalue weighted by Gasteiger charge is 2.33. The lowest BCUT2D eigenvalue weighted by Gasteiger charge is -2.39. The maximum Gasteiger partial charge on any atom is 0.416 e. The van der Waals surface area contributed by atoms with Gasteiger partial charge in [0.2, 0.25) is 5.91 Å². The maximum atomic E-state index is 14.4. The normalized spacial score (nSPS) is 18.9. The molecule has 184 valence electrons. The molecule has 35 heavy (non-hydrogen) atoms. The van der Waals surface area contributed by atoms with Gasteiger partial charge in [-0.1, -0.05) is 48.5 Å². The number of carbonyl (C=O) groups excluding carboxylic acids is 1. The maximum absolute atomic E-state index is 14.4. The van der Waals surface area contributed by atoms with Gasteiger partial charge in [0.1, 0.15) is 11.6 Å². The van der Waals surface area contributed by atoms with Crippen LogP contribution in [0.3, 0.4) is 0 Å². The minimum absolute atomic E-state index is 0.0199. The van der Waals surface area contributed by atoms with E-state index in [1.165, 1.54) is 24.3 Å². The van der Waals surface area contributed by atoms with Gasteiger partial charge in [0.15, 0.2) is 0 Å². The van der Waals surface area contributed by atoms with Crippen LogP contribution >= 0.6 is 0 Å². The number of nitrogens with one attached hydrogen (secondary N) is 1. The van der Waals surface area contributed by atoms with Gasteiger partial charge in [0, 0.05) is 37.3 Å². The molecule has 4 rings (SSSR count). The van der Waals surface area contributed by atoms with E-state index in [2.05, 4.69) is 5.32 Å². The first kappa shape index (κ1) is 24.9. The fourth-order valence-corrected chi connectivity index (χ4v) is 4.54. The second kappa shape index (κ2) is 10.6. The molecule has 1 amide bonds. The lowest BCUT2D eigenvalue weighted by Crippen LogP contribution is -2.44. The largest absolute Gasteiger partial charge is 0.416 e. The number of nitrogens with zero attached hydrogens (tertiary/aromatic N) is 1. The number of rotatable bonds is 6. The molecule has 0 spiro atoms. The Morgan fingerprint density at radius 2 is 1.71 bits per heavy atom. The molecule has 3 aromatic rings. The van der Waals surface area contributed by atoms with E-state index in [9.17, 15) is 26.7 Å². The molecule has 0 unspecified atom stereocenters. The van der Waals surface area contributed by atoms with Crippen molar-refractivity contribution in [3.8, 4) is 0 Å². The number of hydrogen-bond donors (Lipinski definition) is 1. The minimum Gasteiger partial charge on any atom is -0.352 e. The molecule has 1 aliphatic rings. The summed E-state index contributed by atoms with van der Waals surface area (Å²) in [4.78, 5) is 14.9. The van der Waals surface area contributed by atoms with Gasteiger partial charge in [0.25, 0.3) is 0 Å². The van der Waals surface area contributed by atoms with E-state index in [0.717, 1.165) is 23.8 Å². The summed E-state index contributed by atoms with van der Waals surface area (Å²) in [6.07, 6.45) is -3.23.